The standard InChI is InChI=1S/C15H23N3/c1-11-8-9-14(12(2)10-11)15(18-16)17-13-6-4-3-5-7-13/h8-10,13H,3-7,16H2,1-2H3,(H,17,18). The predicted octanol–water partition coefficient (Wildman–Crippen LogP) is 2.85. The van der Waals surface area contributed by atoms with Gasteiger partial charge in [-0.05, 0) is 32.3 Å². The number of nitrogens with two attached hydrogens (primary N) is 1. The molecule has 1 aromatic carbocycles. The van der Waals surface area contributed by atoms with Crippen molar-refractivity contribution in [3.8, 4) is 0 Å². The van der Waals surface area contributed by atoms with Crippen LogP contribution in [0.5, 0.6) is 0 Å². The predicted molar refractivity (Wildman–Crippen MR) is 76.6 cm³/mol. The molecule has 3 nitrogen and oxygen atoms in total. The van der Waals surface area contributed by atoms with Crippen molar-refractivity contribution in [2.75, 3.05) is 0 Å². The molecule has 1 aliphatic rings. The van der Waals surface area contributed by atoms with Crippen LogP contribution in [0.3, 0.4) is 0 Å². The second-order valence-electron chi connectivity index (χ2n) is 5.23. The minimum Gasteiger partial charge on any atom is -0.308 e. The molecule has 1 fully saturated rings. The van der Waals surface area contributed by atoms with Crippen LogP contribution in [0.4, 0.5) is 0 Å². The Balaban J connectivity index is 2.23. The Kier molecular flexibility index (Phi) is 4.37. The molecule has 0 bridgehead atoms. The third-order valence-corrected chi connectivity index (χ3v) is 3.66. The fourth-order valence-corrected chi connectivity index (χ4v) is 2.66. The van der Waals surface area contributed by atoms with E-state index in [4.69, 9.17) is 10.8 Å². The Morgan fingerprint density at radius 3 is 2.56 bits per heavy atom. The van der Waals surface area contributed by atoms with E-state index in [0.29, 0.717) is 6.04 Å². The van der Waals surface area contributed by atoms with E-state index in [1.165, 1.54) is 43.2 Å². The van der Waals surface area contributed by atoms with Gasteiger partial charge in [0.1, 0.15) is 5.84 Å². The Morgan fingerprint density at radius 2 is 1.94 bits per heavy atom. The fourth-order valence-electron chi connectivity index (χ4n) is 2.66. The summed E-state index contributed by atoms with van der Waals surface area (Å²) in [6, 6.07) is 6.82. The number of aliphatic imine (C=N–C) groups is 1. The summed E-state index contributed by atoms with van der Waals surface area (Å²) < 4.78 is 0. The lowest BCUT2D eigenvalue weighted by molar-refractivity contribution is 0.442. The lowest BCUT2D eigenvalue weighted by atomic mass is 9.96. The molecule has 0 saturated heterocycles. The molecule has 0 heterocycles. The highest BCUT2D eigenvalue weighted by molar-refractivity contribution is 5.99. The molecule has 3 N–H and O–H groups in total. The molecule has 1 aromatic rings. The Hall–Kier alpha value is -1.35. The number of hydrogen-bond donors (Lipinski definition) is 2. The van der Waals surface area contributed by atoms with Crippen molar-refractivity contribution in [1.82, 2.24) is 5.43 Å². The lowest BCUT2D eigenvalue weighted by Crippen LogP contribution is -2.33. The van der Waals surface area contributed by atoms with Crippen LogP contribution in [-0.4, -0.2) is 11.9 Å². The Bertz CT molecular complexity index is 431. The zero-order valence-electron chi connectivity index (χ0n) is 11.4. The second-order valence-corrected chi connectivity index (χ2v) is 5.23. The van der Waals surface area contributed by atoms with Gasteiger partial charge in [-0.15, -0.1) is 0 Å². The van der Waals surface area contributed by atoms with Crippen molar-refractivity contribution in [2.24, 2.45) is 10.8 Å². The summed E-state index contributed by atoms with van der Waals surface area (Å²) in [5.41, 5.74) is 6.39. The number of aryl methyl sites for hydroxylation is 2. The van der Waals surface area contributed by atoms with Crippen molar-refractivity contribution in [1.29, 1.82) is 0 Å². The van der Waals surface area contributed by atoms with Crippen LogP contribution in [0.15, 0.2) is 23.2 Å². The van der Waals surface area contributed by atoms with Crippen LogP contribution in [-0.2, 0) is 0 Å². The number of rotatable bonds is 2. The van der Waals surface area contributed by atoms with Gasteiger partial charge < -0.3 is 5.43 Å². The average molecular weight is 245 g/mol. The van der Waals surface area contributed by atoms with Crippen LogP contribution in [0, 0.1) is 13.8 Å². The van der Waals surface area contributed by atoms with Crippen molar-refractivity contribution in [2.45, 2.75) is 52.0 Å². The molecular weight excluding hydrogens is 222 g/mol. The first-order valence-electron chi connectivity index (χ1n) is 6.83. The van der Waals surface area contributed by atoms with E-state index in [1.807, 2.05) is 0 Å². The van der Waals surface area contributed by atoms with E-state index in [-0.39, 0.29) is 0 Å². The first-order valence-corrected chi connectivity index (χ1v) is 6.83. The highest BCUT2D eigenvalue weighted by atomic mass is 15.3. The van der Waals surface area contributed by atoms with Gasteiger partial charge in [-0.3, -0.25) is 4.99 Å². The normalized spacial score (nSPS) is 17.8. The molecule has 0 atom stereocenters. The van der Waals surface area contributed by atoms with Gasteiger partial charge in [0.05, 0.1) is 6.04 Å². The van der Waals surface area contributed by atoms with E-state index in [9.17, 15) is 0 Å². The molecule has 1 aliphatic carbocycles. The highest BCUT2D eigenvalue weighted by Crippen LogP contribution is 2.21. The number of hydrogen-bond acceptors (Lipinski definition) is 2. The molecule has 0 amide bonds. The van der Waals surface area contributed by atoms with Crippen LogP contribution >= 0.6 is 0 Å². The first-order chi connectivity index (χ1) is 8.70. The number of nitrogens with zero attached hydrogens (tertiary/aromatic N) is 1. The smallest absolute Gasteiger partial charge is 0.143 e. The highest BCUT2D eigenvalue weighted by Gasteiger charge is 2.14. The molecule has 0 radical (unpaired) electrons. The quantitative estimate of drug-likeness (QED) is 0.364. The molecule has 18 heavy (non-hydrogen) atoms. The monoisotopic (exact) mass is 245 g/mol. The molecule has 1 saturated carbocycles. The van der Waals surface area contributed by atoms with Crippen molar-refractivity contribution in [3.05, 3.63) is 34.9 Å². The zero-order chi connectivity index (χ0) is 13.0. The van der Waals surface area contributed by atoms with Crippen molar-refractivity contribution >= 4 is 5.84 Å². The van der Waals surface area contributed by atoms with Crippen molar-refractivity contribution in [3.63, 3.8) is 0 Å². The summed E-state index contributed by atoms with van der Waals surface area (Å²) in [6.07, 6.45) is 6.31. The maximum atomic E-state index is 5.65. The van der Waals surface area contributed by atoms with Gasteiger partial charge >= 0.3 is 0 Å². The lowest BCUT2D eigenvalue weighted by Gasteiger charge is -2.20. The topological polar surface area (TPSA) is 50.4 Å². The van der Waals surface area contributed by atoms with E-state index in [0.717, 1.165) is 11.4 Å². The largest absolute Gasteiger partial charge is 0.308 e. The van der Waals surface area contributed by atoms with E-state index < -0.39 is 0 Å². The maximum Gasteiger partial charge on any atom is 0.143 e. The first kappa shape index (κ1) is 13.1. The maximum absolute atomic E-state index is 5.65. The van der Waals surface area contributed by atoms with Gasteiger partial charge in [0.25, 0.3) is 0 Å². The number of amidine groups is 1. The molecule has 2 rings (SSSR count). The van der Waals surface area contributed by atoms with E-state index in [1.54, 1.807) is 0 Å². The van der Waals surface area contributed by atoms with Gasteiger partial charge in [-0.2, -0.15) is 0 Å². The summed E-state index contributed by atoms with van der Waals surface area (Å²) in [7, 11) is 0. The number of nitrogens with one attached hydrogen (secondary N) is 1. The van der Waals surface area contributed by atoms with Gasteiger partial charge in [0, 0.05) is 5.56 Å². The minimum absolute atomic E-state index is 0.436. The van der Waals surface area contributed by atoms with Crippen LogP contribution < -0.4 is 11.3 Å². The van der Waals surface area contributed by atoms with E-state index in [2.05, 4.69) is 37.5 Å². The second kappa shape index (κ2) is 6.01. The van der Waals surface area contributed by atoms with Gasteiger partial charge in [-0.25, -0.2) is 5.84 Å². The van der Waals surface area contributed by atoms with Gasteiger partial charge in [0.2, 0.25) is 0 Å². The minimum atomic E-state index is 0.436. The molecule has 0 spiro atoms. The van der Waals surface area contributed by atoms with Crippen LogP contribution in [0.2, 0.25) is 0 Å². The zero-order valence-corrected chi connectivity index (χ0v) is 11.4. The van der Waals surface area contributed by atoms with Gasteiger partial charge in [0.15, 0.2) is 0 Å². The molecule has 98 valence electrons. The summed E-state index contributed by atoms with van der Waals surface area (Å²) in [4.78, 5) is 4.80. The summed E-state index contributed by atoms with van der Waals surface area (Å²) in [6.45, 7) is 4.21. The number of benzene rings is 1. The number of hydrazine groups is 1. The van der Waals surface area contributed by atoms with Crippen molar-refractivity contribution < 1.29 is 0 Å². The van der Waals surface area contributed by atoms with Gasteiger partial charge in [-0.1, -0.05) is 43.0 Å². The molecule has 0 aliphatic heterocycles. The average Bonchev–Trinajstić information content (AvgIpc) is 2.38. The molecule has 0 unspecified atom stereocenters. The fraction of sp³-hybridized carbons (Fsp3) is 0.533. The summed E-state index contributed by atoms with van der Waals surface area (Å²) >= 11 is 0. The summed E-state index contributed by atoms with van der Waals surface area (Å²) in [5, 5.41) is 0. The third-order valence-electron chi connectivity index (χ3n) is 3.66. The third kappa shape index (κ3) is 3.10. The van der Waals surface area contributed by atoms with E-state index >= 15 is 0 Å². The molecule has 0 aromatic heterocycles. The summed E-state index contributed by atoms with van der Waals surface area (Å²) in [5.74, 6) is 6.48. The Morgan fingerprint density at radius 1 is 1.22 bits per heavy atom. The van der Waals surface area contributed by atoms with Crippen LogP contribution in [0.25, 0.3) is 0 Å². The SMILES string of the molecule is Cc1ccc(C(=NC2CCCCC2)NN)c(C)c1. The molecular formula is C15H23N3. The van der Waals surface area contributed by atoms with Crippen LogP contribution in [0.1, 0.15) is 48.8 Å². The molecule has 3 heteroatoms. The Labute approximate surface area is 109 Å².